The third kappa shape index (κ3) is 8.76. The number of amides is 4. The molecule has 13 nitrogen and oxygen atoms in total. The molecule has 1 aromatic heterocycles. The van der Waals surface area contributed by atoms with Crippen LogP contribution in [-0.2, 0) is 35.7 Å². The van der Waals surface area contributed by atoms with Crippen molar-refractivity contribution in [2.45, 2.75) is 18.4 Å². The first-order chi connectivity index (χ1) is 18.9. The second kappa shape index (κ2) is 13.5. The second-order valence-electron chi connectivity index (χ2n) is 8.21. The second-order valence-corrected chi connectivity index (χ2v) is 10.7. The van der Waals surface area contributed by atoms with E-state index in [1.807, 2.05) is 0 Å². The lowest BCUT2D eigenvalue weighted by molar-refractivity contribution is -0.136. The van der Waals surface area contributed by atoms with Gasteiger partial charge in [-0.3, -0.25) is 19.2 Å². The fourth-order valence-corrected chi connectivity index (χ4v) is 4.46. The molecule has 0 atom stereocenters. The highest BCUT2D eigenvalue weighted by Gasteiger charge is 2.23. The Hall–Kier alpha value is -4.53. The summed E-state index contributed by atoms with van der Waals surface area (Å²) >= 11 is 5.85. The third-order valence-corrected chi connectivity index (χ3v) is 7.08. The minimum Gasteiger partial charge on any atom is -0.458 e. The molecular weight excluding hydrogens is 564 g/mol. The highest BCUT2D eigenvalue weighted by molar-refractivity contribution is 7.89. The molecule has 15 heteroatoms. The van der Waals surface area contributed by atoms with E-state index >= 15 is 0 Å². The number of likely N-dealkylation sites (N-methyl/N-ethyl adjacent to an activating group) is 1. The lowest BCUT2D eigenvalue weighted by Gasteiger charge is -2.16. The number of carbonyl (C=O) groups excluding carboxylic acids is 4. The van der Waals surface area contributed by atoms with E-state index in [4.69, 9.17) is 16.0 Å². The minimum atomic E-state index is -3.97. The molecule has 0 saturated heterocycles. The molecule has 40 heavy (non-hydrogen) atoms. The number of anilines is 2. The first-order valence-corrected chi connectivity index (χ1v) is 13.3. The van der Waals surface area contributed by atoms with Crippen LogP contribution in [0.3, 0.4) is 0 Å². The Balaban J connectivity index is 1.45. The van der Waals surface area contributed by atoms with E-state index < -0.39 is 34.3 Å². The van der Waals surface area contributed by atoms with Gasteiger partial charge in [0.05, 0.1) is 24.2 Å². The van der Waals surface area contributed by atoms with Crippen LogP contribution in [-0.4, -0.2) is 56.2 Å². The SMILES string of the molecule is CC(=O)Nc1ccc(S(=O)(=O)N(C)CC(=O)N/N=C\c2ccc(CNC(=O)C(=O)Nc3cccc(Cl)c3)o2)cc1. The molecule has 3 aromatic rings. The van der Waals surface area contributed by atoms with Crippen molar-refractivity contribution in [3.8, 4) is 0 Å². The zero-order valence-electron chi connectivity index (χ0n) is 21.3. The number of hydrogen-bond acceptors (Lipinski definition) is 8. The summed E-state index contributed by atoms with van der Waals surface area (Å²) in [6.45, 7) is 0.730. The predicted octanol–water partition coefficient (Wildman–Crippen LogP) is 1.92. The summed E-state index contributed by atoms with van der Waals surface area (Å²) in [6, 6.07) is 14.9. The Bertz CT molecular complexity index is 1540. The van der Waals surface area contributed by atoms with E-state index in [1.54, 1.807) is 18.2 Å². The number of rotatable bonds is 10. The molecule has 1 heterocycles. The summed E-state index contributed by atoms with van der Waals surface area (Å²) in [5.41, 5.74) is 3.00. The van der Waals surface area contributed by atoms with E-state index in [1.165, 1.54) is 62.7 Å². The first-order valence-electron chi connectivity index (χ1n) is 11.5. The number of hydrogen-bond donors (Lipinski definition) is 4. The average molecular weight is 589 g/mol. The van der Waals surface area contributed by atoms with Gasteiger partial charge in [0.2, 0.25) is 15.9 Å². The van der Waals surface area contributed by atoms with Crippen molar-refractivity contribution in [1.82, 2.24) is 15.0 Å². The van der Waals surface area contributed by atoms with Crippen molar-refractivity contribution in [2.24, 2.45) is 5.10 Å². The van der Waals surface area contributed by atoms with Crippen LogP contribution in [0.1, 0.15) is 18.4 Å². The summed E-state index contributed by atoms with van der Waals surface area (Å²) in [7, 11) is -2.73. The number of furan rings is 1. The largest absolute Gasteiger partial charge is 0.458 e. The van der Waals surface area contributed by atoms with E-state index in [9.17, 15) is 27.6 Å². The van der Waals surface area contributed by atoms with E-state index in [0.717, 1.165) is 4.31 Å². The van der Waals surface area contributed by atoms with Crippen LogP contribution < -0.4 is 21.4 Å². The van der Waals surface area contributed by atoms with Crippen molar-refractivity contribution in [1.29, 1.82) is 0 Å². The summed E-state index contributed by atoms with van der Waals surface area (Å²) in [5.74, 6) is -2.23. The monoisotopic (exact) mass is 588 g/mol. The summed E-state index contributed by atoms with van der Waals surface area (Å²) < 4.78 is 31.7. The van der Waals surface area contributed by atoms with Crippen LogP contribution in [0.2, 0.25) is 5.02 Å². The zero-order valence-corrected chi connectivity index (χ0v) is 22.9. The standard InChI is InChI=1S/C25H25ClN6O7S/c1-16(33)29-18-6-10-22(11-7-18)40(37,38)32(2)15-23(34)31-28-14-21-9-8-20(39-21)13-27-24(35)25(36)30-19-5-3-4-17(26)12-19/h3-12,14H,13,15H2,1-2H3,(H,27,35)(H,29,33)(H,30,36)(H,31,34)/b28-14-. The average Bonchev–Trinajstić information content (AvgIpc) is 3.34. The molecule has 0 radical (unpaired) electrons. The normalized spacial score (nSPS) is 11.3. The Morgan fingerprint density at radius 3 is 2.38 bits per heavy atom. The summed E-state index contributed by atoms with van der Waals surface area (Å²) in [5, 5.41) is 11.5. The highest BCUT2D eigenvalue weighted by Crippen LogP contribution is 2.17. The molecule has 3 rings (SSSR count). The number of nitrogens with one attached hydrogen (secondary N) is 4. The molecule has 0 bridgehead atoms. The molecule has 0 aliphatic carbocycles. The van der Waals surface area contributed by atoms with Gasteiger partial charge in [-0.05, 0) is 54.6 Å². The van der Waals surface area contributed by atoms with Gasteiger partial charge >= 0.3 is 11.8 Å². The van der Waals surface area contributed by atoms with Gasteiger partial charge < -0.3 is 20.4 Å². The quantitative estimate of drug-likeness (QED) is 0.159. The van der Waals surface area contributed by atoms with Gasteiger partial charge in [0.25, 0.3) is 5.91 Å². The Morgan fingerprint density at radius 2 is 1.70 bits per heavy atom. The van der Waals surface area contributed by atoms with Gasteiger partial charge in [0.15, 0.2) is 0 Å². The van der Waals surface area contributed by atoms with Crippen LogP contribution in [0.25, 0.3) is 0 Å². The topological polar surface area (TPSA) is 179 Å². The van der Waals surface area contributed by atoms with Crippen molar-refractivity contribution in [3.63, 3.8) is 0 Å². The van der Waals surface area contributed by atoms with Crippen LogP contribution in [0, 0.1) is 0 Å². The molecule has 0 aliphatic rings. The number of sulfonamides is 1. The van der Waals surface area contributed by atoms with Crippen LogP contribution in [0.4, 0.5) is 11.4 Å². The maximum Gasteiger partial charge on any atom is 0.313 e. The number of hydrazone groups is 1. The van der Waals surface area contributed by atoms with Gasteiger partial charge in [-0.2, -0.15) is 9.41 Å². The maximum absolute atomic E-state index is 12.7. The molecule has 4 N–H and O–H groups in total. The molecule has 2 aromatic carbocycles. The van der Waals surface area contributed by atoms with Gasteiger partial charge in [-0.15, -0.1) is 0 Å². The van der Waals surface area contributed by atoms with Crippen LogP contribution >= 0.6 is 11.6 Å². The summed E-state index contributed by atoms with van der Waals surface area (Å²) in [4.78, 5) is 47.3. The lowest BCUT2D eigenvalue weighted by atomic mass is 10.3. The van der Waals surface area contributed by atoms with Gasteiger partial charge in [-0.1, -0.05) is 17.7 Å². The fourth-order valence-electron chi connectivity index (χ4n) is 3.14. The van der Waals surface area contributed by atoms with Gasteiger partial charge in [0, 0.05) is 30.4 Å². The summed E-state index contributed by atoms with van der Waals surface area (Å²) in [6.07, 6.45) is 1.18. The molecular formula is C25H25ClN6O7S. The Kier molecular flexibility index (Phi) is 10.1. The molecule has 0 fully saturated rings. The number of carbonyl (C=O) groups is 4. The minimum absolute atomic E-state index is 0.0578. The number of halogens is 1. The number of benzene rings is 2. The molecule has 4 amide bonds. The van der Waals surface area contributed by atoms with Gasteiger partial charge in [0.1, 0.15) is 11.5 Å². The zero-order chi connectivity index (χ0) is 29.3. The molecule has 0 aliphatic heterocycles. The van der Waals surface area contributed by atoms with E-state index in [0.29, 0.717) is 22.2 Å². The molecule has 0 saturated carbocycles. The Labute approximate surface area is 234 Å². The van der Waals surface area contributed by atoms with Crippen molar-refractivity contribution in [2.75, 3.05) is 24.2 Å². The first kappa shape index (κ1) is 30.0. The fraction of sp³-hybridized carbons (Fsp3) is 0.160. The van der Waals surface area contributed by atoms with Crippen LogP contribution in [0.15, 0.2) is 75.1 Å². The van der Waals surface area contributed by atoms with Crippen molar-refractivity contribution >= 4 is 62.8 Å². The van der Waals surface area contributed by atoms with Crippen molar-refractivity contribution < 1.29 is 32.0 Å². The van der Waals surface area contributed by atoms with E-state index in [2.05, 4.69) is 26.5 Å². The smallest absolute Gasteiger partial charge is 0.313 e. The molecule has 0 spiro atoms. The van der Waals surface area contributed by atoms with E-state index in [-0.39, 0.29) is 23.1 Å². The number of nitrogens with zero attached hydrogens (tertiary/aromatic N) is 2. The lowest BCUT2D eigenvalue weighted by Crippen LogP contribution is -2.36. The Morgan fingerprint density at radius 1 is 0.975 bits per heavy atom. The predicted molar refractivity (Wildman–Crippen MR) is 147 cm³/mol. The highest BCUT2D eigenvalue weighted by atomic mass is 35.5. The van der Waals surface area contributed by atoms with Crippen molar-refractivity contribution in [3.05, 3.63) is 77.2 Å². The molecule has 210 valence electrons. The maximum atomic E-state index is 12.7. The van der Waals surface area contributed by atoms with Crippen LogP contribution in [0.5, 0.6) is 0 Å². The third-order valence-electron chi connectivity index (χ3n) is 5.02. The molecule has 0 unspecified atom stereocenters. The van der Waals surface area contributed by atoms with Gasteiger partial charge in [-0.25, -0.2) is 13.8 Å².